The fraction of sp³-hybridized carbons (Fsp3) is 0.250. The summed E-state index contributed by atoms with van der Waals surface area (Å²) in [6, 6.07) is 14.2. The van der Waals surface area contributed by atoms with Crippen LogP contribution in [0.2, 0.25) is 0 Å². The Morgan fingerprint density at radius 1 is 1.05 bits per heavy atom. The summed E-state index contributed by atoms with van der Waals surface area (Å²) in [5, 5.41) is 0. The van der Waals surface area contributed by atoms with Gasteiger partial charge in [0.25, 0.3) is 0 Å². The van der Waals surface area contributed by atoms with Gasteiger partial charge in [0.2, 0.25) is 0 Å². The Hall–Kier alpha value is -1.48. The molecule has 0 bridgehead atoms. The van der Waals surface area contributed by atoms with Crippen LogP contribution in [-0.4, -0.2) is 4.21 Å². The predicted molar refractivity (Wildman–Crippen MR) is 77.0 cm³/mol. The second-order valence-electron chi connectivity index (χ2n) is 4.82. The molecule has 100 valence electrons. The molecule has 0 aliphatic heterocycles. The van der Waals surface area contributed by atoms with Gasteiger partial charge in [-0.15, -0.1) is 0 Å². The summed E-state index contributed by atoms with van der Waals surface area (Å²) in [6.07, 6.45) is 0. The molecular formula is C16H17FOS. The fourth-order valence-electron chi connectivity index (χ4n) is 1.86. The van der Waals surface area contributed by atoms with Crippen molar-refractivity contribution in [2.24, 2.45) is 0 Å². The summed E-state index contributed by atoms with van der Waals surface area (Å²) in [4.78, 5) is 0.274. The minimum absolute atomic E-state index is 0.274. The zero-order chi connectivity index (χ0) is 13.8. The SMILES string of the molecule is CC(C)c1ccc(CS(=O)c2ccccc2F)cc1. The van der Waals surface area contributed by atoms with E-state index in [4.69, 9.17) is 0 Å². The summed E-state index contributed by atoms with van der Waals surface area (Å²) >= 11 is 0. The predicted octanol–water partition coefficient (Wildman–Crippen LogP) is 4.26. The van der Waals surface area contributed by atoms with Crippen LogP contribution in [0.4, 0.5) is 4.39 Å². The van der Waals surface area contributed by atoms with Gasteiger partial charge in [0.15, 0.2) is 0 Å². The first-order valence-electron chi connectivity index (χ1n) is 6.29. The topological polar surface area (TPSA) is 17.1 Å². The number of hydrogen-bond donors (Lipinski definition) is 0. The number of hydrogen-bond acceptors (Lipinski definition) is 1. The zero-order valence-corrected chi connectivity index (χ0v) is 11.9. The lowest BCUT2D eigenvalue weighted by Crippen LogP contribution is -1.99. The van der Waals surface area contributed by atoms with Crippen molar-refractivity contribution in [1.29, 1.82) is 0 Å². The first-order valence-corrected chi connectivity index (χ1v) is 7.61. The second-order valence-corrected chi connectivity index (χ2v) is 6.24. The van der Waals surface area contributed by atoms with Gasteiger partial charge in [-0.1, -0.05) is 50.2 Å². The van der Waals surface area contributed by atoms with Crippen LogP contribution in [-0.2, 0) is 16.6 Å². The number of benzene rings is 2. The first kappa shape index (κ1) is 13.9. The van der Waals surface area contributed by atoms with Crippen molar-refractivity contribution >= 4 is 10.8 Å². The minimum atomic E-state index is -1.34. The monoisotopic (exact) mass is 276 g/mol. The van der Waals surface area contributed by atoms with Gasteiger partial charge in [-0.05, 0) is 29.2 Å². The molecule has 0 aliphatic rings. The molecule has 0 aliphatic carbocycles. The molecule has 1 nitrogen and oxygen atoms in total. The molecule has 0 radical (unpaired) electrons. The van der Waals surface area contributed by atoms with E-state index in [1.54, 1.807) is 18.2 Å². The number of rotatable bonds is 4. The molecule has 0 amide bonds. The molecule has 0 aromatic heterocycles. The average molecular weight is 276 g/mol. The van der Waals surface area contributed by atoms with Crippen LogP contribution in [0.25, 0.3) is 0 Å². The summed E-state index contributed by atoms with van der Waals surface area (Å²) in [7, 11) is -1.34. The summed E-state index contributed by atoms with van der Waals surface area (Å²) in [6.45, 7) is 4.26. The Labute approximate surface area is 115 Å². The molecule has 0 fully saturated rings. The Balaban J connectivity index is 2.13. The maximum atomic E-state index is 13.5. The van der Waals surface area contributed by atoms with E-state index in [0.29, 0.717) is 11.7 Å². The second kappa shape index (κ2) is 6.11. The molecule has 0 heterocycles. The largest absolute Gasteiger partial charge is 0.254 e. The Kier molecular flexibility index (Phi) is 4.48. The van der Waals surface area contributed by atoms with Gasteiger partial charge in [-0.25, -0.2) is 4.39 Å². The Morgan fingerprint density at radius 2 is 1.68 bits per heavy atom. The third kappa shape index (κ3) is 3.51. The number of halogens is 1. The molecule has 0 spiro atoms. The van der Waals surface area contributed by atoms with Gasteiger partial charge in [0, 0.05) is 0 Å². The molecule has 1 atom stereocenters. The molecule has 0 N–H and O–H groups in total. The Morgan fingerprint density at radius 3 is 2.26 bits per heavy atom. The molecule has 2 aromatic carbocycles. The fourth-order valence-corrected chi connectivity index (χ4v) is 3.02. The van der Waals surface area contributed by atoms with Crippen LogP contribution in [0.5, 0.6) is 0 Å². The highest BCUT2D eigenvalue weighted by molar-refractivity contribution is 7.84. The maximum absolute atomic E-state index is 13.5. The third-order valence-corrected chi connectivity index (χ3v) is 4.44. The zero-order valence-electron chi connectivity index (χ0n) is 11.1. The van der Waals surface area contributed by atoms with Crippen LogP contribution in [0.1, 0.15) is 30.9 Å². The molecule has 0 saturated heterocycles. The summed E-state index contributed by atoms with van der Waals surface area (Å²) in [5.74, 6) is 0.421. The third-order valence-electron chi connectivity index (χ3n) is 3.03. The van der Waals surface area contributed by atoms with Gasteiger partial charge in [0.05, 0.1) is 21.4 Å². The lowest BCUT2D eigenvalue weighted by Gasteiger charge is -2.07. The van der Waals surface area contributed by atoms with E-state index in [9.17, 15) is 8.60 Å². The van der Waals surface area contributed by atoms with Crippen molar-refractivity contribution in [3.05, 3.63) is 65.5 Å². The van der Waals surface area contributed by atoms with Crippen molar-refractivity contribution < 1.29 is 8.60 Å². The Bertz CT molecular complexity index is 576. The van der Waals surface area contributed by atoms with Crippen molar-refractivity contribution in [3.63, 3.8) is 0 Å². The minimum Gasteiger partial charge on any atom is -0.254 e. The highest BCUT2D eigenvalue weighted by Crippen LogP contribution is 2.18. The van der Waals surface area contributed by atoms with Gasteiger partial charge in [-0.2, -0.15) is 0 Å². The molecule has 3 heteroatoms. The van der Waals surface area contributed by atoms with Gasteiger partial charge < -0.3 is 0 Å². The van der Waals surface area contributed by atoms with Crippen molar-refractivity contribution in [1.82, 2.24) is 0 Å². The van der Waals surface area contributed by atoms with Crippen molar-refractivity contribution in [3.8, 4) is 0 Å². The van der Waals surface area contributed by atoms with Crippen LogP contribution >= 0.6 is 0 Å². The average Bonchev–Trinajstić information content (AvgIpc) is 2.39. The van der Waals surface area contributed by atoms with Crippen molar-refractivity contribution in [2.75, 3.05) is 0 Å². The van der Waals surface area contributed by atoms with E-state index in [0.717, 1.165) is 5.56 Å². The van der Waals surface area contributed by atoms with Crippen molar-refractivity contribution in [2.45, 2.75) is 30.4 Å². The lowest BCUT2D eigenvalue weighted by molar-refractivity contribution is 0.595. The highest BCUT2D eigenvalue weighted by Gasteiger charge is 2.10. The van der Waals surface area contributed by atoms with Crippen LogP contribution in [0.15, 0.2) is 53.4 Å². The standard InChI is InChI=1S/C16H17FOS/c1-12(2)14-9-7-13(8-10-14)11-19(18)16-6-4-3-5-15(16)17/h3-10,12H,11H2,1-2H3. The summed E-state index contributed by atoms with van der Waals surface area (Å²) in [5.41, 5.74) is 2.21. The quantitative estimate of drug-likeness (QED) is 0.815. The van der Waals surface area contributed by atoms with E-state index in [-0.39, 0.29) is 4.90 Å². The molecule has 2 aromatic rings. The van der Waals surface area contributed by atoms with Gasteiger partial charge >= 0.3 is 0 Å². The molecule has 2 rings (SSSR count). The lowest BCUT2D eigenvalue weighted by atomic mass is 10.0. The van der Waals surface area contributed by atoms with E-state index in [2.05, 4.69) is 13.8 Å². The van der Waals surface area contributed by atoms with Crippen LogP contribution in [0.3, 0.4) is 0 Å². The highest BCUT2D eigenvalue weighted by atomic mass is 32.2. The molecule has 0 saturated carbocycles. The van der Waals surface area contributed by atoms with E-state index in [1.807, 2.05) is 24.3 Å². The molecular weight excluding hydrogens is 259 g/mol. The maximum Gasteiger partial charge on any atom is 0.139 e. The normalized spacial score (nSPS) is 12.6. The smallest absolute Gasteiger partial charge is 0.139 e. The van der Waals surface area contributed by atoms with Crippen LogP contribution in [0, 0.1) is 5.82 Å². The van der Waals surface area contributed by atoms with Crippen LogP contribution < -0.4 is 0 Å². The van der Waals surface area contributed by atoms with Gasteiger partial charge in [-0.3, -0.25) is 4.21 Å². The molecule has 1 unspecified atom stereocenters. The first-order chi connectivity index (χ1) is 9.08. The van der Waals surface area contributed by atoms with E-state index < -0.39 is 16.6 Å². The summed E-state index contributed by atoms with van der Waals surface area (Å²) < 4.78 is 25.6. The van der Waals surface area contributed by atoms with E-state index >= 15 is 0 Å². The molecule has 19 heavy (non-hydrogen) atoms. The van der Waals surface area contributed by atoms with Gasteiger partial charge in [0.1, 0.15) is 5.82 Å². The van der Waals surface area contributed by atoms with E-state index in [1.165, 1.54) is 11.6 Å².